The minimum absolute atomic E-state index is 0. The maximum Gasteiger partial charge on any atom is 0 e. The Hall–Kier alpha value is 1.06. The second kappa shape index (κ2) is 11.8. The second-order valence-electron chi connectivity index (χ2n) is 2.84. The van der Waals surface area contributed by atoms with E-state index >= 15 is 0 Å². The van der Waals surface area contributed by atoms with Crippen molar-refractivity contribution in [3.63, 3.8) is 0 Å². The molecule has 2 heteroatoms. The standard InChI is InChI=1S/C4H9.C3H9N.Y/c2*1-4(2)3;/h2*1-3H3;/q-1;;. The molecule has 0 aliphatic carbocycles. The van der Waals surface area contributed by atoms with Gasteiger partial charge in [-0.25, -0.2) is 0 Å². The van der Waals surface area contributed by atoms with Gasteiger partial charge in [-0.05, 0) is 21.1 Å². The van der Waals surface area contributed by atoms with E-state index in [4.69, 9.17) is 0 Å². The van der Waals surface area contributed by atoms with Crippen molar-refractivity contribution < 1.29 is 32.7 Å². The first-order valence-corrected chi connectivity index (χ1v) is 2.84. The number of hydrogen-bond donors (Lipinski definition) is 0. The molecule has 0 aliphatic rings. The Morgan fingerprint density at radius 1 is 0.889 bits per heavy atom. The molecule has 0 aliphatic heterocycles. The molecule has 0 atom stereocenters. The average molecular weight is 205 g/mol. The molecule has 0 saturated heterocycles. The van der Waals surface area contributed by atoms with Gasteiger partial charge in [0.25, 0.3) is 0 Å². The summed E-state index contributed by atoms with van der Waals surface area (Å²) < 4.78 is 0. The largest absolute Gasteiger partial charge is 0.323 e. The zero-order valence-corrected chi connectivity index (χ0v) is 10.4. The summed E-state index contributed by atoms with van der Waals surface area (Å²) >= 11 is 0. The van der Waals surface area contributed by atoms with Crippen LogP contribution in [0, 0.1) is 5.92 Å². The normalized spacial score (nSPS) is 8.00. The summed E-state index contributed by atoms with van der Waals surface area (Å²) in [5.41, 5.74) is 0. The van der Waals surface area contributed by atoms with Crippen molar-refractivity contribution in [1.82, 2.24) is 4.90 Å². The predicted octanol–water partition coefficient (Wildman–Crippen LogP) is 1.80. The van der Waals surface area contributed by atoms with Gasteiger partial charge in [0.1, 0.15) is 0 Å². The maximum atomic E-state index is 2.08. The van der Waals surface area contributed by atoms with Crippen molar-refractivity contribution in [1.29, 1.82) is 0 Å². The Morgan fingerprint density at radius 3 is 0.889 bits per heavy atom. The van der Waals surface area contributed by atoms with Crippen molar-refractivity contribution in [3.8, 4) is 0 Å². The van der Waals surface area contributed by atoms with E-state index < -0.39 is 0 Å². The van der Waals surface area contributed by atoms with Crippen molar-refractivity contribution in [2.24, 2.45) is 0 Å². The summed E-state index contributed by atoms with van der Waals surface area (Å²) in [7, 11) is 6.00. The van der Waals surface area contributed by atoms with Crippen LogP contribution in [-0.2, 0) is 32.7 Å². The van der Waals surface area contributed by atoms with Gasteiger partial charge in [0, 0.05) is 32.7 Å². The van der Waals surface area contributed by atoms with Gasteiger partial charge in [-0.1, -0.05) is 0 Å². The molecule has 0 fully saturated rings. The molecule has 0 aromatic heterocycles. The summed E-state index contributed by atoms with van der Waals surface area (Å²) in [6, 6.07) is 0. The number of hydrogen-bond acceptors (Lipinski definition) is 1. The van der Waals surface area contributed by atoms with E-state index in [1.54, 1.807) is 0 Å². The second-order valence-corrected chi connectivity index (χ2v) is 2.84. The Morgan fingerprint density at radius 2 is 0.889 bits per heavy atom. The van der Waals surface area contributed by atoms with E-state index in [0.717, 1.165) is 0 Å². The van der Waals surface area contributed by atoms with Crippen molar-refractivity contribution >= 4 is 0 Å². The van der Waals surface area contributed by atoms with Crippen molar-refractivity contribution in [2.75, 3.05) is 21.1 Å². The van der Waals surface area contributed by atoms with Crippen molar-refractivity contribution in [2.45, 2.75) is 20.8 Å². The van der Waals surface area contributed by atoms with Crippen LogP contribution >= 0.6 is 0 Å². The summed E-state index contributed by atoms with van der Waals surface area (Å²) in [6.45, 7) is 6.25. The van der Waals surface area contributed by atoms with Crippen LogP contribution in [0.5, 0.6) is 0 Å². The molecule has 0 unspecified atom stereocenters. The van der Waals surface area contributed by atoms with Crippen LogP contribution in [0.2, 0.25) is 0 Å². The molecule has 0 bridgehead atoms. The minimum Gasteiger partial charge on any atom is -0.323 e. The Labute approximate surface area is 85.1 Å². The van der Waals surface area contributed by atoms with E-state index in [2.05, 4.69) is 20.8 Å². The first-order chi connectivity index (χ1) is 3.46. The first-order valence-electron chi connectivity index (χ1n) is 2.84. The number of rotatable bonds is 0. The monoisotopic (exact) mass is 205 g/mol. The van der Waals surface area contributed by atoms with E-state index in [0.29, 0.717) is 0 Å². The van der Waals surface area contributed by atoms with E-state index in [1.807, 2.05) is 26.0 Å². The van der Waals surface area contributed by atoms with Crippen LogP contribution < -0.4 is 0 Å². The van der Waals surface area contributed by atoms with Crippen LogP contribution in [0.4, 0.5) is 0 Å². The van der Waals surface area contributed by atoms with Crippen molar-refractivity contribution in [3.05, 3.63) is 5.92 Å². The maximum absolute atomic E-state index is 2.08. The zero-order chi connectivity index (χ0) is 7.15. The van der Waals surface area contributed by atoms with E-state index in [1.165, 1.54) is 5.92 Å². The molecule has 9 heavy (non-hydrogen) atoms. The SMILES string of the molecule is CN(C)C.C[C-](C)C.[Y]. The quantitative estimate of drug-likeness (QED) is 0.545. The van der Waals surface area contributed by atoms with Gasteiger partial charge in [0.2, 0.25) is 0 Å². The molecule has 0 N–H and O–H groups in total. The molecular weight excluding hydrogens is 187 g/mol. The van der Waals surface area contributed by atoms with Gasteiger partial charge in [-0.3, -0.25) is 0 Å². The summed E-state index contributed by atoms with van der Waals surface area (Å²) in [4.78, 5) is 2.00. The smallest absolute Gasteiger partial charge is 0 e. The third kappa shape index (κ3) is 400. The molecule has 0 rings (SSSR count). The number of nitrogens with zero attached hydrogens (tertiary/aromatic N) is 1. The van der Waals surface area contributed by atoms with Gasteiger partial charge in [0.15, 0.2) is 0 Å². The van der Waals surface area contributed by atoms with Gasteiger partial charge >= 0.3 is 0 Å². The fraction of sp³-hybridized carbons (Fsp3) is 0.857. The molecule has 0 aromatic rings. The van der Waals surface area contributed by atoms with Crippen LogP contribution in [0.1, 0.15) is 20.8 Å². The predicted molar refractivity (Wildman–Crippen MR) is 39.9 cm³/mol. The van der Waals surface area contributed by atoms with Gasteiger partial charge in [-0.2, -0.15) is 20.8 Å². The van der Waals surface area contributed by atoms with Crippen LogP contribution in [0.25, 0.3) is 0 Å². The molecule has 0 spiro atoms. The summed E-state index contributed by atoms with van der Waals surface area (Å²) in [6.07, 6.45) is 0. The molecular formula is C7H18NY-. The van der Waals surface area contributed by atoms with Gasteiger partial charge in [-0.15, -0.1) is 0 Å². The minimum atomic E-state index is 0. The van der Waals surface area contributed by atoms with E-state index in [-0.39, 0.29) is 32.7 Å². The molecule has 0 amide bonds. The average Bonchev–Trinajstić information content (AvgIpc) is 1.25. The Bertz CT molecular complexity index is 24.4. The van der Waals surface area contributed by atoms with Crippen LogP contribution in [-0.4, -0.2) is 26.0 Å². The fourth-order valence-electron chi connectivity index (χ4n) is 0. The van der Waals surface area contributed by atoms with Crippen LogP contribution in [0.15, 0.2) is 0 Å². The molecule has 0 heterocycles. The summed E-state index contributed by atoms with van der Waals surface area (Å²) in [5, 5.41) is 0. The molecule has 55 valence electrons. The topological polar surface area (TPSA) is 3.24 Å². The summed E-state index contributed by atoms with van der Waals surface area (Å²) in [5.74, 6) is 1.42. The third-order valence-corrected chi connectivity index (χ3v) is 0. The fourth-order valence-corrected chi connectivity index (χ4v) is 0. The molecule has 1 nitrogen and oxygen atoms in total. The van der Waals surface area contributed by atoms with E-state index in [9.17, 15) is 0 Å². The zero-order valence-electron chi connectivity index (χ0n) is 7.52. The Balaban J connectivity index is -0.0000000720. The first kappa shape index (κ1) is 16.6. The van der Waals surface area contributed by atoms with Gasteiger partial charge in [0.05, 0.1) is 0 Å². The molecule has 1 radical (unpaired) electrons. The third-order valence-electron chi connectivity index (χ3n) is 0. The van der Waals surface area contributed by atoms with Gasteiger partial charge < -0.3 is 10.8 Å². The van der Waals surface area contributed by atoms with Crippen LogP contribution in [0.3, 0.4) is 0 Å². The molecule has 0 aromatic carbocycles. The molecule has 0 saturated carbocycles. The Kier molecular flexibility index (Phi) is 21.7.